The third-order valence-electron chi connectivity index (χ3n) is 6.63. The van der Waals surface area contributed by atoms with E-state index in [2.05, 4.69) is 70.1 Å². The van der Waals surface area contributed by atoms with Crippen LogP contribution in [0, 0.1) is 16.7 Å². The zero-order valence-electron chi connectivity index (χ0n) is 15.7. The van der Waals surface area contributed by atoms with E-state index < -0.39 is 5.60 Å². The van der Waals surface area contributed by atoms with Gasteiger partial charge in [-0.1, -0.05) is 51.1 Å². The first-order chi connectivity index (χ1) is 10.8. The summed E-state index contributed by atoms with van der Waals surface area (Å²) in [5, 5.41) is 0. The molecule has 4 atom stereocenters. The summed E-state index contributed by atoms with van der Waals surface area (Å²) in [7, 11) is 4.15. The molecule has 2 nitrogen and oxygen atoms in total. The quantitative estimate of drug-likeness (QED) is 0.804. The highest BCUT2D eigenvalue weighted by atomic mass is 16.5. The van der Waals surface area contributed by atoms with E-state index in [-0.39, 0.29) is 17.2 Å². The summed E-state index contributed by atoms with van der Waals surface area (Å²) in [5.41, 5.74) is 0.839. The molecule has 1 aromatic rings. The first kappa shape index (κ1) is 14.7. The van der Waals surface area contributed by atoms with Crippen molar-refractivity contribution in [2.75, 3.05) is 27.2 Å². The summed E-state index contributed by atoms with van der Waals surface area (Å²) in [6, 6.07) is 10.6. The number of likely N-dealkylation sites (N-methyl/N-ethyl adjacent to an activating group) is 1. The molecule has 2 fully saturated rings. The monoisotopic (exact) mass is 303 g/mol. The van der Waals surface area contributed by atoms with Gasteiger partial charge in [0.15, 0.2) is 0 Å². The second kappa shape index (κ2) is 5.35. The molecule has 0 aliphatic heterocycles. The Balaban J connectivity index is 2.06. The van der Waals surface area contributed by atoms with E-state index in [1.165, 1.54) is 5.56 Å². The van der Waals surface area contributed by atoms with Crippen LogP contribution in [-0.4, -0.2) is 32.1 Å². The van der Waals surface area contributed by atoms with Crippen molar-refractivity contribution in [2.45, 2.75) is 45.6 Å². The number of ether oxygens (including phenoxy) is 1. The zero-order chi connectivity index (χ0) is 16.9. The molecule has 1 aromatic carbocycles. The highest BCUT2D eigenvalue weighted by Gasteiger charge is 2.69. The molecular formula is C20H31NO. The van der Waals surface area contributed by atoms with Gasteiger partial charge in [-0.2, -0.15) is 0 Å². The lowest BCUT2D eigenvalue weighted by Gasteiger charge is -2.49. The zero-order valence-corrected chi connectivity index (χ0v) is 14.7. The molecular weight excluding hydrogens is 270 g/mol. The van der Waals surface area contributed by atoms with Crippen LogP contribution in [0.1, 0.15) is 46.9 Å². The van der Waals surface area contributed by atoms with Gasteiger partial charge in [0.1, 0.15) is 0 Å². The number of hydrogen-bond donors (Lipinski definition) is 0. The Morgan fingerprint density at radius 1 is 1.23 bits per heavy atom. The van der Waals surface area contributed by atoms with Crippen LogP contribution in [-0.2, 0) is 10.3 Å². The maximum absolute atomic E-state index is 9.09. The summed E-state index contributed by atoms with van der Waals surface area (Å²) in [4.78, 5) is 2.15. The molecule has 0 heterocycles. The van der Waals surface area contributed by atoms with Crippen molar-refractivity contribution in [1.29, 1.82) is 0 Å². The summed E-state index contributed by atoms with van der Waals surface area (Å²) in [6.45, 7) is 8.64. The normalized spacial score (nSPS) is 40.2. The minimum atomic E-state index is -0.489. The topological polar surface area (TPSA) is 12.5 Å². The Morgan fingerprint density at radius 3 is 2.45 bits per heavy atom. The number of hydrogen-bond acceptors (Lipinski definition) is 2. The van der Waals surface area contributed by atoms with Gasteiger partial charge in [-0.3, -0.25) is 0 Å². The first-order valence-electron chi connectivity index (χ1n) is 9.11. The van der Waals surface area contributed by atoms with Crippen LogP contribution >= 0.6 is 0 Å². The van der Waals surface area contributed by atoms with E-state index in [1.54, 1.807) is 0 Å². The Morgan fingerprint density at radius 2 is 1.91 bits per heavy atom. The van der Waals surface area contributed by atoms with Gasteiger partial charge in [-0.25, -0.2) is 0 Å². The third kappa shape index (κ3) is 2.07. The number of nitrogens with zero attached hydrogens (tertiary/aromatic N) is 1. The van der Waals surface area contributed by atoms with Crippen molar-refractivity contribution >= 4 is 0 Å². The van der Waals surface area contributed by atoms with Crippen molar-refractivity contribution in [2.24, 2.45) is 16.7 Å². The molecule has 2 aliphatic rings. The van der Waals surface area contributed by atoms with Crippen LogP contribution < -0.4 is 0 Å². The number of fused-ring (bicyclic) bond motifs is 2. The van der Waals surface area contributed by atoms with Crippen LogP contribution in [0.2, 0.25) is 0 Å². The van der Waals surface area contributed by atoms with Gasteiger partial charge in [-0.15, -0.1) is 0 Å². The summed E-state index contributed by atoms with van der Waals surface area (Å²) in [5.74, 6) is 0.409. The van der Waals surface area contributed by atoms with Crippen LogP contribution in [0.4, 0.5) is 0 Å². The Kier molecular flexibility index (Phi) is 3.58. The van der Waals surface area contributed by atoms with Crippen LogP contribution in [0.15, 0.2) is 30.3 Å². The van der Waals surface area contributed by atoms with Crippen LogP contribution in [0.25, 0.3) is 0 Å². The molecule has 122 valence electrons. The molecule has 0 saturated heterocycles. The minimum absolute atomic E-state index is 0.00471. The lowest BCUT2D eigenvalue weighted by Crippen LogP contribution is -2.47. The van der Waals surface area contributed by atoms with Gasteiger partial charge < -0.3 is 9.64 Å². The SMILES string of the molecule is [3H]C1[C@H]2CC[C@](C)(C2(C)C)[C@@]1(OCCN(C)C)c1ccccc1. The van der Waals surface area contributed by atoms with Gasteiger partial charge in [0, 0.05) is 13.3 Å². The highest BCUT2D eigenvalue weighted by Crippen LogP contribution is 2.73. The predicted molar refractivity (Wildman–Crippen MR) is 91.9 cm³/mol. The highest BCUT2D eigenvalue weighted by molar-refractivity contribution is 5.32. The van der Waals surface area contributed by atoms with E-state index in [9.17, 15) is 0 Å². The van der Waals surface area contributed by atoms with Gasteiger partial charge >= 0.3 is 0 Å². The molecule has 2 bridgehead atoms. The Hall–Kier alpha value is -0.860. The summed E-state index contributed by atoms with van der Waals surface area (Å²) < 4.78 is 15.7. The van der Waals surface area contributed by atoms with Crippen molar-refractivity contribution in [3.05, 3.63) is 35.9 Å². The fourth-order valence-corrected chi connectivity index (χ4v) is 4.74. The predicted octanol–water partition coefficient (Wildman–Crippen LogP) is 4.31. The smallest absolute Gasteiger partial charge is 0.0993 e. The van der Waals surface area contributed by atoms with E-state index in [0.717, 1.165) is 19.4 Å². The van der Waals surface area contributed by atoms with Crippen molar-refractivity contribution in [1.82, 2.24) is 4.90 Å². The molecule has 2 saturated carbocycles. The van der Waals surface area contributed by atoms with E-state index >= 15 is 0 Å². The summed E-state index contributed by atoms with van der Waals surface area (Å²) in [6.07, 6.45) is 2.11. The molecule has 2 aliphatic carbocycles. The van der Waals surface area contributed by atoms with Crippen molar-refractivity contribution in [3.63, 3.8) is 0 Å². The maximum atomic E-state index is 9.09. The van der Waals surface area contributed by atoms with Gasteiger partial charge in [-0.05, 0) is 50.2 Å². The Labute approximate surface area is 137 Å². The standard InChI is InChI=1S/C20H31NO/c1-18(2)17-11-12-19(18,3)20(15-17,22-14-13-21(4)5)16-9-7-6-8-10-16/h6-10,17H,11-15H2,1-5H3/t17-,19-,20+/m1/s1/i15T/t15?,17-,19-,20+. The van der Waals surface area contributed by atoms with E-state index in [0.29, 0.717) is 12.5 Å². The maximum Gasteiger partial charge on any atom is 0.0993 e. The van der Waals surface area contributed by atoms with Gasteiger partial charge in [0.25, 0.3) is 0 Å². The average Bonchev–Trinajstić information content (AvgIpc) is 2.80. The molecule has 22 heavy (non-hydrogen) atoms. The molecule has 1 unspecified atom stereocenters. The second-order valence-electron chi connectivity index (χ2n) is 8.12. The largest absolute Gasteiger partial charge is 0.368 e. The van der Waals surface area contributed by atoms with Crippen molar-refractivity contribution in [3.8, 4) is 0 Å². The Bertz CT molecular complexity index is 558. The molecule has 2 heteroatoms. The molecule has 0 aromatic heterocycles. The van der Waals surface area contributed by atoms with Crippen molar-refractivity contribution < 1.29 is 6.11 Å². The second-order valence-corrected chi connectivity index (χ2v) is 8.12. The summed E-state index contributed by atoms with van der Waals surface area (Å²) >= 11 is 0. The fourth-order valence-electron chi connectivity index (χ4n) is 4.74. The van der Waals surface area contributed by atoms with Gasteiger partial charge in [0.2, 0.25) is 0 Å². The van der Waals surface area contributed by atoms with Crippen LogP contribution in [0.3, 0.4) is 0 Å². The fraction of sp³-hybridized carbons (Fsp3) is 0.700. The lowest BCUT2D eigenvalue weighted by molar-refractivity contribution is -0.148. The minimum Gasteiger partial charge on any atom is -0.368 e. The van der Waals surface area contributed by atoms with E-state index in [1.807, 2.05) is 0 Å². The van der Waals surface area contributed by atoms with Gasteiger partial charge in [0.05, 0.1) is 12.2 Å². The molecule has 0 N–H and O–H groups in total. The molecule has 0 amide bonds. The van der Waals surface area contributed by atoms with Crippen LogP contribution in [0.5, 0.6) is 0 Å². The molecule has 0 radical (unpaired) electrons. The van der Waals surface area contributed by atoms with E-state index in [4.69, 9.17) is 6.11 Å². The molecule has 3 rings (SSSR count). The third-order valence-corrected chi connectivity index (χ3v) is 6.63. The average molecular weight is 303 g/mol. The first-order valence-corrected chi connectivity index (χ1v) is 8.54. The lowest BCUT2D eigenvalue weighted by atomic mass is 9.62. The number of rotatable bonds is 5. The molecule has 0 spiro atoms. The number of benzene rings is 1.